The van der Waals surface area contributed by atoms with Crippen LogP contribution in [0.3, 0.4) is 0 Å². The number of rotatable bonds is 5. The molecule has 0 radical (unpaired) electrons. The van der Waals surface area contributed by atoms with Crippen molar-refractivity contribution in [1.29, 1.82) is 0 Å². The van der Waals surface area contributed by atoms with Crippen LogP contribution in [-0.2, 0) is 12.7 Å². The minimum Gasteiger partial charge on any atom is -0.494 e. The molecule has 5 rings (SSSR count). The smallest absolute Gasteiger partial charge is 0.418 e. The van der Waals surface area contributed by atoms with Gasteiger partial charge in [-0.1, -0.05) is 35.7 Å². The van der Waals surface area contributed by atoms with Crippen LogP contribution < -0.4 is 10.1 Å². The van der Waals surface area contributed by atoms with E-state index in [0.29, 0.717) is 27.6 Å². The Bertz CT molecular complexity index is 1260. The van der Waals surface area contributed by atoms with Gasteiger partial charge in [0.05, 0.1) is 39.5 Å². The normalized spacial score (nSPS) is 22.6. The van der Waals surface area contributed by atoms with Gasteiger partial charge in [-0.25, -0.2) is 4.98 Å². The van der Waals surface area contributed by atoms with Gasteiger partial charge in [0, 0.05) is 23.7 Å². The van der Waals surface area contributed by atoms with E-state index < -0.39 is 11.7 Å². The van der Waals surface area contributed by atoms with Crippen LogP contribution in [0.4, 0.5) is 13.2 Å². The van der Waals surface area contributed by atoms with Gasteiger partial charge >= 0.3 is 6.18 Å². The molecular formula is C25H24Cl2F3N3O2S. The van der Waals surface area contributed by atoms with Crippen molar-refractivity contribution in [3.63, 3.8) is 0 Å². The van der Waals surface area contributed by atoms with Crippen LogP contribution in [0.1, 0.15) is 53.0 Å². The van der Waals surface area contributed by atoms with Crippen LogP contribution in [-0.4, -0.2) is 41.0 Å². The van der Waals surface area contributed by atoms with Crippen molar-refractivity contribution in [3.05, 3.63) is 56.5 Å². The molecule has 11 heteroatoms. The summed E-state index contributed by atoms with van der Waals surface area (Å²) in [6.45, 7) is 0.510. The molecule has 192 valence electrons. The fourth-order valence-electron chi connectivity index (χ4n) is 5.46. The zero-order valence-corrected chi connectivity index (χ0v) is 21.7. The zero-order valence-electron chi connectivity index (χ0n) is 19.4. The van der Waals surface area contributed by atoms with E-state index >= 15 is 0 Å². The fraction of sp³-hybridized carbons (Fsp3) is 0.440. The minimum absolute atomic E-state index is 0.0177. The number of para-hydroxylation sites is 1. The van der Waals surface area contributed by atoms with Crippen LogP contribution in [0.2, 0.25) is 10.0 Å². The number of benzene rings is 2. The molecule has 0 saturated carbocycles. The Morgan fingerprint density at radius 2 is 1.86 bits per heavy atom. The molecule has 2 fully saturated rings. The van der Waals surface area contributed by atoms with Crippen molar-refractivity contribution < 1.29 is 22.7 Å². The number of nitrogens with zero attached hydrogens (tertiary/aromatic N) is 2. The largest absolute Gasteiger partial charge is 0.494 e. The molecule has 3 heterocycles. The highest BCUT2D eigenvalue weighted by Crippen LogP contribution is 2.39. The lowest BCUT2D eigenvalue weighted by atomic mass is 9.81. The molecule has 1 aromatic heterocycles. The second kappa shape index (κ2) is 10.0. The lowest BCUT2D eigenvalue weighted by Crippen LogP contribution is -2.56. The standard InChI is InChI=1S/C25H24Cl2F3N3O2S/c1-35-23-18(26)8-13(9-19(23)27)24(34)31-14-10-15-4-2-5-16(11-14)33(15)12-21-32-22-17(25(28,29)30)6-3-7-20(22)36-21/h3,6-9,14-16H,2,4-5,10-12H2,1H3,(H,31,34). The maximum absolute atomic E-state index is 13.4. The number of amides is 1. The van der Waals surface area contributed by atoms with E-state index in [2.05, 4.69) is 15.2 Å². The molecule has 36 heavy (non-hydrogen) atoms. The monoisotopic (exact) mass is 557 g/mol. The molecule has 1 amide bonds. The van der Waals surface area contributed by atoms with Crippen LogP contribution in [0.25, 0.3) is 10.2 Å². The average molecular weight is 558 g/mol. The number of thiazole rings is 1. The van der Waals surface area contributed by atoms with Gasteiger partial charge < -0.3 is 10.1 Å². The molecule has 0 aliphatic carbocycles. The van der Waals surface area contributed by atoms with Crippen molar-refractivity contribution in [3.8, 4) is 5.75 Å². The molecule has 2 unspecified atom stereocenters. The first-order chi connectivity index (χ1) is 17.1. The number of alkyl halides is 3. The van der Waals surface area contributed by atoms with Gasteiger partial charge in [-0.2, -0.15) is 13.2 Å². The topological polar surface area (TPSA) is 54.5 Å². The van der Waals surface area contributed by atoms with E-state index in [9.17, 15) is 18.0 Å². The number of carbonyl (C=O) groups is 1. The van der Waals surface area contributed by atoms with Gasteiger partial charge in [0.1, 0.15) is 5.01 Å². The predicted molar refractivity (Wildman–Crippen MR) is 135 cm³/mol. The van der Waals surface area contributed by atoms with Crippen LogP contribution in [0.15, 0.2) is 30.3 Å². The third-order valence-electron chi connectivity index (χ3n) is 7.01. The lowest BCUT2D eigenvalue weighted by molar-refractivity contribution is -0.136. The third-order valence-corrected chi connectivity index (χ3v) is 8.58. The number of methoxy groups -OCH3 is 1. The summed E-state index contributed by atoms with van der Waals surface area (Å²) in [5, 5.41) is 4.35. The quantitative estimate of drug-likeness (QED) is 0.369. The second-order valence-electron chi connectivity index (χ2n) is 9.28. The molecule has 2 aromatic carbocycles. The minimum atomic E-state index is -4.43. The number of nitrogens with one attached hydrogen (secondary N) is 1. The van der Waals surface area contributed by atoms with E-state index in [0.717, 1.165) is 38.2 Å². The maximum Gasteiger partial charge on any atom is 0.418 e. The Hall–Kier alpha value is -2.07. The van der Waals surface area contributed by atoms with E-state index in [1.165, 1.54) is 24.5 Å². The average Bonchev–Trinajstić information content (AvgIpc) is 3.21. The van der Waals surface area contributed by atoms with Crippen LogP contribution in [0.5, 0.6) is 5.75 Å². The summed E-state index contributed by atoms with van der Waals surface area (Å²) in [6, 6.07) is 7.71. The number of halogens is 5. The van der Waals surface area contributed by atoms with Crippen molar-refractivity contribution in [2.45, 2.75) is 63.0 Å². The summed E-state index contributed by atoms with van der Waals surface area (Å²) >= 11 is 13.7. The second-order valence-corrected chi connectivity index (χ2v) is 11.2. The molecule has 2 aliphatic heterocycles. The Kier molecular flexibility index (Phi) is 7.11. The van der Waals surface area contributed by atoms with Gasteiger partial charge in [0.2, 0.25) is 0 Å². The number of fused-ring (bicyclic) bond motifs is 3. The van der Waals surface area contributed by atoms with Crippen LogP contribution >= 0.6 is 34.5 Å². The molecule has 2 aliphatic rings. The number of ether oxygens (including phenoxy) is 1. The van der Waals surface area contributed by atoms with E-state index in [-0.39, 0.29) is 39.6 Å². The summed E-state index contributed by atoms with van der Waals surface area (Å²) in [5.41, 5.74) is -0.301. The molecule has 2 atom stereocenters. The zero-order chi connectivity index (χ0) is 25.6. The number of hydrogen-bond acceptors (Lipinski definition) is 5. The molecule has 0 spiro atoms. The first kappa shape index (κ1) is 25.6. The van der Waals surface area contributed by atoms with E-state index in [1.54, 1.807) is 18.2 Å². The predicted octanol–water partition coefficient (Wildman–Crippen LogP) is 6.95. The molecule has 1 N–H and O–H groups in total. The van der Waals surface area contributed by atoms with Gasteiger partial charge in [0.15, 0.2) is 5.75 Å². The molecular weight excluding hydrogens is 534 g/mol. The lowest BCUT2D eigenvalue weighted by Gasteiger charge is -2.48. The highest BCUT2D eigenvalue weighted by atomic mass is 35.5. The molecule has 5 nitrogen and oxygen atoms in total. The summed E-state index contributed by atoms with van der Waals surface area (Å²) in [4.78, 5) is 19.7. The SMILES string of the molecule is COc1c(Cl)cc(C(=O)NC2CC3CCCC(C2)N3Cc2nc3c(C(F)(F)F)cccc3s2)cc1Cl. The first-order valence-electron chi connectivity index (χ1n) is 11.7. The number of aromatic nitrogens is 1. The van der Waals surface area contributed by atoms with Crippen LogP contribution in [0, 0.1) is 0 Å². The maximum atomic E-state index is 13.4. The summed E-state index contributed by atoms with van der Waals surface area (Å²) in [7, 11) is 1.46. The van der Waals surface area contributed by atoms with Gasteiger partial charge in [-0.15, -0.1) is 11.3 Å². The van der Waals surface area contributed by atoms with Gasteiger partial charge in [0.25, 0.3) is 5.91 Å². The molecule has 3 aromatic rings. The van der Waals surface area contributed by atoms with Crippen molar-refractivity contribution in [2.24, 2.45) is 0 Å². The Balaban J connectivity index is 1.30. The summed E-state index contributed by atoms with van der Waals surface area (Å²) in [5.74, 6) is 0.0822. The van der Waals surface area contributed by atoms with Gasteiger partial charge in [-0.05, 0) is 49.9 Å². The van der Waals surface area contributed by atoms with Gasteiger partial charge in [-0.3, -0.25) is 9.69 Å². The summed E-state index contributed by atoms with van der Waals surface area (Å²) < 4.78 is 46.0. The highest BCUT2D eigenvalue weighted by Gasteiger charge is 2.39. The van der Waals surface area contributed by atoms with E-state index in [1.807, 2.05) is 0 Å². The number of hydrogen-bond donors (Lipinski definition) is 1. The first-order valence-corrected chi connectivity index (χ1v) is 13.3. The fourth-order valence-corrected chi connectivity index (χ4v) is 7.10. The Morgan fingerprint density at radius 1 is 1.19 bits per heavy atom. The summed E-state index contributed by atoms with van der Waals surface area (Å²) in [6.07, 6.45) is 0.130. The van der Waals surface area contributed by atoms with Crippen molar-refractivity contribution >= 4 is 50.7 Å². The Morgan fingerprint density at radius 3 is 2.47 bits per heavy atom. The molecule has 2 bridgehead atoms. The number of carbonyl (C=O) groups excluding carboxylic acids is 1. The Labute approximate surface area is 220 Å². The van der Waals surface area contributed by atoms with Crippen molar-refractivity contribution in [1.82, 2.24) is 15.2 Å². The third kappa shape index (κ3) is 5.03. The number of piperidine rings is 2. The highest BCUT2D eigenvalue weighted by molar-refractivity contribution is 7.18. The van der Waals surface area contributed by atoms with Crippen molar-refractivity contribution in [2.75, 3.05) is 7.11 Å². The van der Waals surface area contributed by atoms with E-state index in [4.69, 9.17) is 27.9 Å². The molecule has 2 saturated heterocycles.